The summed E-state index contributed by atoms with van der Waals surface area (Å²) < 4.78 is 2.02. The minimum atomic E-state index is 0. The maximum absolute atomic E-state index is 4.88. The Balaban J connectivity index is 0.00000320. The molecule has 2 heterocycles. The van der Waals surface area contributed by atoms with Crippen molar-refractivity contribution in [3.63, 3.8) is 0 Å². The van der Waals surface area contributed by atoms with Crippen molar-refractivity contribution < 1.29 is 0 Å². The molecule has 0 spiro atoms. The number of hydrogen-bond acceptors (Lipinski definition) is 4. The highest BCUT2D eigenvalue weighted by Gasteiger charge is 2.25. The lowest BCUT2D eigenvalue weighted by atomic mass is 10.0. The molecule has 1 aromatic heterocycles. The van der Waals surface area contributed by atoms with Crippen LogP contribution in [0.2, 0.25) is 0 Å². The quantitative estimate of drug-likeness (QED) is 0.235. The monoisotopic (exact) mass is 525 g/mol. The van der Waals surface area contributed by atoms with Gasteiger partial charge < -0.3 is 14.8 Å². The van der Waals surface area contributed by atoms with Crippen LogP contribution in [-0.2, 0) is 6.54 Å². The van der Waals surface area contributed by atoms with Gasteiger partial charge in [0.2, 0.25) is 0 Å². The number of piperazine rings is 1. The van der Waals surface area contributed by atoms with E-state index in [0.29, 0.717) is 6.04 Å². The first-order chi connectivity index (χ1) is 14.3. The predicted octanol–water partition coefficient (Wildman–Crippen LogP) is 3.41. The second kappa shape index (κ2) is 13.6. The van der Waals surface area contributed by atoms with Crippen molar-refractivity contribution >= 4 is 29.9 Å². The average Bonchev–Trinajstić information content (AvgIpc) is 3.28. The van der Waals surface area contributed by atoms with Crippen LogP contribution in [0.4, 0.5) is 0 Å². The molecule has 1 aliphatic rings. The van der Waals surface area contributed by atoms with Gasteiger partial charge >= 0.3 is 0 Å². The summed E-state index contributed by atoms with van der Waals surface area (Å²) in [6.07, 6.45) is 6.84. The highest BCUT2D eigenvalue weighted by atomic mass is 127. The van der Waals surface area contributed by atoms with E-state index in [9.17, 15) is 0 Å². The summed E-state index contributed by atoms with van der Waals surface area (Å²) in [5.74, 6) is 1.06. The molecular formula is C22H36IN7. The number of nitrogens with zero attached hydrogens (tertiary/aromatic N) is 6. The van der Waals surface area contributed by atoms with Crippen LogP contribution in [0, 0.1) is 0 Å². The van der Waals surface area contributed by atoms with Gasteiger partial charge in [-0.25, -0.2) is 0 Å². The molecule has 1 aromatic carbocycles. The van der Waals surface area contributed by atoms with Crippen LogP contribution < -0.4 is 5.32 Å². The van der Waals surface area contributed by atoms with E-state index >= 15 is 0 Å². The highest BCUT2D eigenvalue weighted by Crippen LogP contribution is 2.25. The van der Waals surface area contributed by atoms with Gasteiger partial charge in [0.05, 0.1) is 0 Å². The summed E-state index contributed by atoms with van der Waals surface area (Å²) in [5, 5.41) is 11.2. The number of nitrogens with one attached hydrogen (secondary N) is 1. The number of rotatable bonds is 9. The van der Waals surface area contributed by atoms with Crippen LogP contribution in [0.15, 0.2) is 48.0 Å². The summed E-state index contributed by atoms with van der Waals surface area (Å²) >= 11 is 0. The van der Waals surface area contributed by atoms with E-state index in [2.05, 4.69) is 69.5 Å². The average molecular weight is 525 g/mol. The Kier molecular flexibility index (Phi) is 11.1. The molecule has 0 amide bonds. The number of aryl methyl sites for hydroxylation is 1. The lowest BCUT2D eigenvalue weighted by Gasteiger charge is -2.40. The first-order valence-corrected chi connectivity index (χ1v) is 11.0. The molecule has 2 aromatic rings. The number of aliphatic imine (C=N–C) groups is 1. The normalized spacial score (nSPS) is 16.2. The summed E-state index contributed by atoms with van der Waals surface area (Å²) in [7, 11) is 0. The fraction of sp³-hybridized carbons (Fsp3) is 0.591. The van der Waals surface area contributed by atoms with Gasteiger partial charge in [0.15, 0.2) is 5.96 Å². The Morgan fingerprint density at radius 3 is 2.37 bits per heavy atom. The van der Waals surface area contributed by atoms with Gasteiger partial charge in [0, 0.05) is 51.9 Å². The van der Waals surface area contributed by atoms with Crippen molar-refractivity contribution in [2.24, 2.45) is 4.99 Å². The molecule has 0 bridgehead atoms. The van der Waals surface area contributed by atoms with Crippen molar-refractivity contribution in [2.45, 2.75) is 45.7 Å². The van der Waals surface area contributed by atoms with Crippen molar-refractivity contribution in [1.29, 1.82) is 0 Å². The Morgan fingerprint density at radius 2 is 1.73 bits per heavy atom. The highest BCUT2D eigenvalue weighted by molar-refractivity contribution is 14.0. The molecule has 1 N–H and O–H groups in total. The molecule has 8 heteroatoms. The van der Waals surface area contributed by atoms with Gasteiger partial charge in [-0.15, -0.1) is 34.2 Å². The molecule has 1 aliphatic heterocycles. The first-order valence-electron chi connectivity index (χ1n) is 11.0. The van der Waals surface area contributed by atoms with E-state index in [1.165, 1.54) is 5.56 Å². The minimum absolute atomic E-state index is 0. The fourth-order valence-corrected chi connectivity index (χ4v) is 3.98. The third kappa shape index (κ3) is 7.23. The zero-order valence-electron chi connectivity index (χ0n) is 18.3. The van der Waals surface area contributed by atoms with Crippen molar-refractivity contribution in [2.75, 3.05) is 39.3 Å². The van der Waals surface area contributed by atoms with Crippen molar-refractivity contribution in [3.8, 4) is 0 Å². The molecule has 1 unspecified atom stereocenters. The molecule has 1 fully saturated rings. The Hall–Kier alpha value is -1.68. The number of unbranched alkanes of at least 4 members (excludes halogenated alkanes) is 1. The van der Waals surface area contributed by atoms with Crippen LogP contribution in [-0.4, -0.2) is 69.8 Å². The van der Waals surface area contributed by atoms with Crippen LogP contribution in [0.25, 0.3) is 0 Å². The van der Waals surface area contributed by atoms with Gasteiger partial charge in [0.1, 0.15) is 12.7 Å². The van der Waals surface area contributed by atoms with Gasteiger partial charge in [-0.05, 0) is 31.7 Å². The first kappa shape index (κ1) is 24.6. The third-order valence-corrected chi connectivity index (χ3v) is 5.51. The SMILES string of the molecule is CCNC(=NCCCCn1cnnc1)N1CCN(C(CC)c2ccccc2)CC1.I. The number of benzene rings is 1. The summed E-state index contributed by atoms with van der Waals surface area (Å²) in [5.41, 5.74) is 1.43. The van der Waals surface area contributed by atoms with E-state index in [0.717, 1.165) is 71.0 Å². The molecule has 0 saturated carbocycles. The van der Waals surface area contributed by atoms with Crippen LogP contribution in [0.1, 0.15) is 44.7 Å². The molecule has 3 rings (SSSR count). The molecule has 1 atom stereocenters. The number of halogens is 1. The van der Waals surface area contributed by atoms with Gasteiger partial charge in [-0.1, -0.05) is 37.3 Å². The second-order valence-electron chi connectivity index (χ2n) is 7.50. The Labute approximate surface area is 198 Å². The predicted molar refractivity (Wildman–Crippen MR) is 133 cm³/mol. The summed E-state index contributed by atoms with van der Waals surface area (Å²) in [6.45, 7) is 11.3. The second-order valence-corrected chi connectivity index (χ2v) is 7.50. The Bertz CT molecular complexity index is 712. The lowest BCUT2D eigenvalue weighted by molar-refractivity contribution is 0.127. The minimum Gasteiger partial charge on any atom is -0.357 e. The van der Waals surface area contributed by atoms with Crippen LogP contribution in [0.5, 0.6) is 0 Å². The topological polar surface area (TPSA) is 61.6 Å². The maximum Gasteiger partial charge on any atom is 0.194 e. The largest absolute Gasteiger partial charge is 0.357 e. The van der Waals surface area contributed by atoms with E-state index in [1.807, 2.05) is 4.57 Å². The Morgan fingerprint density at radius 1 is 1.03 bits per heavy atom. The summed E-state index contributed by atoms with van der Waals surface area (Å²) in [6, 6.07) is 11.4. The zero-order valence-corrected chi connectivity index (χ0v) is 20.6. The molecule has 166 valence electrons. The summed E-state index contributed by atoms with van der Waals surface area (Å²) in [4.78, 5) is 9.91. The van der Waals surface area contributed by atoms with Gasteiger partial charge in [-0.2, -0.15) is 0 Å². The number of guanidine groups is 1. The lowest BCUT2D eigenvalue weighted by Crippen LogP contribution is -2.53. The standard InChI is InChI=1S/C22H35N7.HI/c1-3-21(20-10-6-5-7-11-20)28-14-16-29(17-15-28)22(23-4-2)24-12-8-9-13-27-18-25-26-19-27;/h5-7,10-11,18-19,21H,3-4,8-9,12-17H2,1-2H3,(H,23,24);1H. The van der Waals surface area contributed by atoms with Crippen LogP contribution >= 0.6 is 24.0 Å². The smallest absolute Gasteiger partial charge is 0.194 e. The van der Waals surface area contributed by atoms with Crippen molar-refractivity contribution in [3.05, 3.63) is 48.5 Å². The van der Waals surface area contributed by atoms with E-state index in [-0.39, 0.29) is 24.0 Å². The molecule has 0 radical (unpaired) electrons. The molecule has 30 heavy (non-hydrogen) atoms. The molecule has 7 nitrogen and oxygen atoms in total. The van der Waals surface area contributed by atoms with Gasteiger partial charge in [0.25, 0.3) is 0 Å². The van der Waals surface area contributed by atoms with E-state index < -0.39 is 0 Å². The molecule has 0 aliphatic carbocycles. The van der Waals surface area contributed by atoms with Crippen LogP contribution in [0.3, 0.4) is 0 Å². The number of hydrogen-bond donors (Lipinski definition) is 1. The van der Waals surface area contributed by atoms with Crippen molar-refractivity contribution in [1.82, 2.24) is 29.9 Å². The van der Waals surface area contributed by atoms with E-state index in [1.54, 1.807) is 12.7 Å². The zero-order chi connectivity index (χ0) is 20.3. The van der Waals surface area contributed by atoms with E-state index in [4.69, 9.17) is 4.99 Å². The molecule has 1 saturated heterocycles. The van der Waals surface area contributed by atoms with Gasteiger partial charge in [-0.3, -0.25) is 9.89 Å². The maximum atomic E-state index is 4.88. The fourth-order valence-electron chi connectivity index (χ4n) is 3.98. The third-order valence-electron chi connectivity index (χ3n) is 5.51. The number of aromatic nitrogens is 3. The molecular weight excluding hydrogens is 489 g/mol.